The second-order valence-corrected chi connectivity index (χ2v) is 3.93. The maximum atomic E-state index is 9.34. The van der Waals surface area contributed by atoms with Crippen molar-refractivity contribution >= 4 is 0 Å². The highest BCUT2D eigenvalue weighted by Crippen LogP contribution is 2.19. The molecule has 13 heavy (non-hydrogen) atoms. The first-order valence-corrected chi connectivity index (χ1v) is 4.86. The lowest BCUT2D eigenvalue weighted by atomic mass is 10.1. The largest absolute Gasteiger partial charge is 0.392 e. The van der Waals surface area contributed by atoms with Gasteiger partial charge in [0.05, 0.1) is 44.6 Å². The van der Waals surface area contributed by atoms with Crippen LogP contribution in [-0.2, 0) is 9.47 Å². The Morgan fingerprint density at radius 2 is 1.69 bits per heavy atom. The lowest BCUT2D eigenvalue weighted by Crippen LogP contribution is -2.60. The minimum Gasteiger partial charge on any atom is -0.392 e. The van der Waals surface area contributed by atoms with Crippen molar-refractivity contribution in [2.75, 3.05) is 33.0 Å². The Balaban J connectivity index is 1.98. The average Bonchev–Trinajstić information content (AvgIpc) is 2.02. The third-order valence-corrected chi connectivity index (χ3v) is 2.65. The van der Waals surface area contributed by atoms with Crippen molar-refractivity contribution in [2.24, 2.45) is 0 Å². The molecule has 1 N–H and O–H groups in total. The minimum atomic E-state index is -0.263. The van der Waals surface area contributed by atoms with Crippen LogP contribution < -0.4 is 0 Å². The number of aliphatic hydroxyl groups excluding tert-OH is 1. The van der Waals surface area contributed by atoms with E-state index in [1.54, 1.807) is 0 Å². The van der Waals surface area contributed by atoms with Gasteiger partial charge in [-0.1, -0.05) is 0 Å². The number of hydrogen-bond acceptors (Lipinski definition) is 4. The maximum absolute atomic E-state index is 9.34. The second kappa shape index (κ2) is 3.92. The summed E-state index contributed by atoms with van der Waals surface area (Å²) >= 11 is 0. The summed E-state index contributed by atoms with van der Waals surface area (Å²) in [5.74, 6) is 0. The maximum Gasteiger partial charge on any atom is 0.0645 e. The summed E-state index contributed by atoms with van der Waals surface area (Å²) in [6.45, 7) is 5.52. The standard InChI is InChI=1S/C9H17NO3/c1-7(11)2-10-8-3-12-5-9(10)6-13-4-8/h7-9,11H,2-6H2,1H3/t7-,8?,9?/m0/s1. The van der Waals surface area contributed by atoms with Crippen molar-refractivity contribution < 1.29 is 14.6 Å². The molecular formula is C9H17NO3. The van der Waals surface area contributed by atoms with E-state index in [0.717, 1.165) is 33.0 Å². The molecule has 0 amide bonds. The van der Waals surface area contributed by atoms with Crippen LogP contribution in [0.15, 0.2) is 0 Å². The minimum absolute atomic E-state index is 0.263. The zero-order valence-corrected chi connectivity index (χ0v) is 7.98. The van der Waals surface area contributed by atoms with E-state index in [1.807, 2.05) is 6.92 Å². The predicted octanol–water partition coefficient (Wildman–Crippen LogP) is -0.533. The van der Waals surface area contributed by atoms with Crippen LogP contribution in [-0.4, -0.2) is 61.2 Å². The molecule has 2 bridgehead atoms. The molecule has 0 radical (unpaired) electrons. The molecule has 0 aromatic heterocycles. The molecule has 2 saturated heterocycles. The van der Waals surface area contributed by atoms with E-state index >= 15 is 0 Å². The van der Waals surface area contributed by atoms with Crippen LogP contribution >= 0.6 is 0 Å². The topological polar surface area (TPSA) is 41.9 Å². The Labute approximate surface area is 78.4 Å². The summed E-state index contributed by atoms with van der Waals surface area (Å²) in [6.07, 6.45) is -0.263. The van der Waals surface area contributed by atoms with Crippen LogP contribution in [0.5, 0.6) is 0 Å². The van der Waals surface area contributed by atoms with Gasteiger partial charge < -0.3 is 14.6 Å². The van der Waals surface area contributed by atoms with Crippen LogP contribution in [0.25, 0.3) is 0 Å². The number of nitrogens with zero attached hydrogens (tertiary/aromatic N) is 1. The van der Waals surface area contributed by atoms with Gasteiger partial charge in [0.15, 0.2) is 0 Å². The number of fused-ring (bicyclic) bond motifs is 2. The molecule has 0 saturated carbocycles. The van der Waals surface area contributed by atoms with E-state index in [1.165, 1.54) is 0 Å². The van der Waals surface area contributed by atoms with Crippen molar-refractivity contribution in [2.45, 2.75) is 25.1 Å². The van der Waals surface area contributed by atoms with Gasteiger partial charge in [-0.05, 0) is 6.92 Å². The predicted molar refractivity (Wildman–Crippen MR) is 47.6 cm³/mol. The van der Waals surface area contributed by atoms with Crippen molar-refractivity contribution in [1.82, 2.24) is 4.90 Å². The highest BCUT2D eigenvalue weighted by Gasteiger charge is 2.35. The highest BCUT2D eigenvalue weighted by atomic mass is 16.5. The summed E-state index contributed by atoms with van der Waals surface area (Å²) in [5, 5.41) is 9.34. The molecule has 0 aromatic carbocycles. The van der Waals surface area contributed by atoms with Gasteiger partial charge in [0.2, 0.25) is 0 Å². The van der Waals surface area contributed by atoms with Gasteiger partial charge in [-0.2, -0.15) is 0 Å². The Kier molecular flexibility index (Phi) is 2.83. The summed E-state index contributed by atoms with van der Waals surface area (Å²) in [4.78, 5) is 2.32. The van der Waals surface area contributed by atoms with Crippen molar-refractivity contribution in [3.63, 3.8) is 0 Å². The van der Waals surface area contributed by atoms with E-state index in [4.69, 9.17) is 9.47 Å². The lowest BCUT2D eigenvalue weighted by Gasteiger charge is -2.45. The number of ether oxygens (including phenoxy) is 2. The third kappa shape index (κ3) is 2.02. The first-order valence-electron chi connectivity index (χ1n) is 4.86. The number of morpholine rings is 2. The second-order valence-electron chi connectivity index (χ2n) is 3.93. The van der Waals surface area contributed by atoms with E-state index in [9.17, 15) is 5.11 Å². The Hall–Kier alpha value is -0.160. The van der Waals surface area contributed by atoms with E-state index < -0.39 is 0 Å². The highest BCUT2D eigenvalue weighted by molar-refractivity contribution is 4.87. The Bertz CT molecular complexity index is 152. The van der Waals surface area contributed by atoms with E-state index in [0.29, 0.717) is 12.1 Å². The summed E-state index contributed by atoms with van der Waals surface area (Å²) < 4.78 is 10.9. The van der Waals surface area contributed by atoms with Crippen LogP contribution in [0, 0.1) is 0 Å². The molecule has 0 spiro atoms. The number of rotatable bonds is 2. The van der Waals surface area contributed by atoms with E-state index in [2.05, 4.69) is 4.90 Å². The monoisotopic (exact) mass is 187 g/mol. The molecule has 1 atom stereocenters. The van der Waals surface area contributed by atoms with Gasteiger partial charge in [-0.15, -0.1) is 0 Å². The third-order valence-electron chi connectivity index (χ3n) is 2.65. The Morgan fingerprint density at radius 1 is 1.23 bits per heavy atom. The molecule has 2 aliphatic rings. The van der Waals surface area contributed by atoms with Crippen LogP contribution in [0.3, 0.4) is 0 Å². The van der Waals surface area contributed by atoms with Crippen molar-refractivity contribution in [3.05, 3.63) is 0 Å². The number of aliphatic hydroxyl groups is 1. The normalized spacial score (nSPS) is 37.4. The van der Waals surface area contributed by atoms with Gasteiger partial charge >= 0.3 is 0 Å². The molecule has 0 unspecified atom stereocenters. The van der Waals surface area contributed by atoms with Crippen molar-refractivity contribution in [3.8, 4) is 0 Å². The van der Waals surface area contributed by atoms with Gasteiger partial charge in [-0.3, -0.25) is 4.90 Å². The quantitative estimate of drug-likeness (QED) is 0.631. The fraction of sp³-hybridized carbons (Fsp3) is 1.00. The summed E-state index contributed by atoms with van der Waals surface area (Å²) in [5.41, 5.74) is 0. The fourth-order valence-corrected chi connectivity index (χ4v) is 2.06. The molecule has 2 fully saturated rings. The van der Waals surface area contributed by atoms with Gasteiger partial charge in [0, 0.05) is 6.54 Å². The van der Waals surface area contributed by atoms with Crippen LogP contribution in [0.4, 0.5) is 0 Å². The first kappa shape index (κ1) is 9.40. The summed E-state index contributed by atoms with van der Waals surface area (Å²) in [7, 11) is 0. The molecule has 4 heteroatoms. The zero-order chi connectivity index (χ0) is 9.26. The molecule has 2 rings (SSSR count). The zero-order valence-electron chi connectivity index (χ0n) is 7.98. The number of hydrogen-bond donors (Lipinski definition) is 1. The molecule has 76 valence electrons. The van der Waals surface area contributed by atoms with Gasteiger partial charge in [-0.25, -0.2) is 0 Å². The smallest absolute Gasteiger partial charge is 0.0645 e. The summed E-state index contributed by atoms with van der Waals surface area (Å²) in [6, 6.07) is 0.698. The fourth-order valence-electron chi connectivity index (χ4n) is 2.06. The van der Waals surface area contributed by atoms with E-state index in [-0.39, 0.29) is 6.10 Å². The SMILES string of the molecule is C[C@H](O)CN1C2COCC1COC2. The Morgan fingerprint density at radius 3 is 2.08 bits per heavy atom. The molecular weight excluding hydrogens is 170 g/mol. The lowest BCUT2D eigenvalue weighted by molar-refractivity contribution is -0.144. The molecule has 4 nitrogen and oxygen atoms in total. The molecule has 0 aromatic rings. The van der Waals surface area contributed by atoms with Crippen LogP contribution in [0.1, 0.15) is 6.92 Å². The van der Waals surface area contributed by atoms with Crippen molar-refractivity contribution in [1.29, 1.82) is 0 Å². The molecule has 2 heterocycles. The molecule has 2 aliphatic heterocycles. The van der Waals surface area contributed by atoms with Gasteiger partial charge in [0.1, 0.15) is 0 Å². The van der Waals surface area contributed by atoms with Crippen LogP contribution in [0.2, 0.25) is 0 Å². The first-order chi connectivity index (χ1) is 6.27. The van der Waals surface area contributed by atoms with Gasteiger partial charge in [0.25, 0.3) is 0 Å². The molecule has 0 aliphatic carbocycles. The average molecular weight is 187 g/mol.